The van der Waals surface area contributed by atoms with E-state index < -0.39 is 0 Å². The number of piperazine rings is 3. The number of Topliss-reactive ketones (excluding diaryl/α,β-unsaturated/α-hetero) is 1. The van der Waals surface area contributed by atoms with Gasteiger partial charge < -0.3 is 0 Å². The molecule has 1 unspecified atom stereocenters. The van der Waals surface area contributed by atoms with Crippen molar-refractivity contribution < 1.29 is 4.79 Å². The van der Waals surface area contributed by atoms with Gasteiger partial charge in [-0.2, -0.15) is 0 Å². The zero-order valence-corrected chi connectivity index (χ0v) is 9.20. The second-order valence-electron chi connectivity index (χ2n) is 4.92. The fourth-order valence-corrected chi connectivity index (χ4v) is 2.46. The van der Waals surface area contributed by atoms with Crippen LogP contribution < -0.4 is 0 Å². The summed E-state index contributed by atoms with van der Waals surface area (Å²) in [6.45, 7) is 9.72. The Morgan fingerprint density at radius 2 is 1.93 bits per heavy atom. The molecule has 3 aliphatic heterocycles. The maximum Gasteiger partial charge on any atom is 0.151 e. The number of nitrogens with zero attached hydrogens (tertiary/aromatic N) is 2. The molecule has 3 heterocycles. The van der Waals surface area contributed by atoms with E-state index in [1.54, 1.807) is 0 Å². The SMILES string of the molecule is CC(C)CC(=O)C1CN2CCN1CC2. The summed E-state index contributed by atoms with van der Waals surface area (Å²) in [6.07, 6.45) is 0.745. The predicted molar refractivity (Wildman–Crippen MR) is 56.3 cm³/mol. The highest BCUT2D eigenvalue weighted by Gasteiger charge is 2.35. The van der Waals surface area contributed by atoms with Crippen LogP contribution in [-0.2, 0) is 4.79 Å². The van der Waals surface area contributed by atoms with Gasteiger partial charge in [-0.15, -0.1) is 0 Å². The minimum Gasteiger partial charge on any atom is -0.299 e. The molecular weight excluding hydrogens is 176 g/mol. The van der Waals surface area contributed by atoms with Crippen LogP contribution in [0.5, 0.6) is 0 Å². The molecule has 3 saturated heterocycles. The number of hydrogen-bond acceptors (Lipinski definition) is 3. The van der Waals surface area contributed by atoms with E-state index in [1.165, 1.54) is 0 Å². The summed E-state index contributed by atoms with van der Waals surface area (Å²) in [7, 11) is 0. The maximum atomic E-state index is 11.9. The van der Waals surface area contributed by atoms with Gasteiger partial charge in [0.2, 0.25) is 0 Å². The lowest BCUT2D eigenvalue weighted by Gasteiger charge is -2.46. The van der Waals surface area contributed by atoms with Crippen molar-refractivity contribution in [3.8, 4) is 0 Å². The largest absolute Gasteiger partial charge is 0.299 e. The van der Waals surface area contributed by atoms with E-state index in [0.717, 1.165) is 39.1 Å². The molecule has 0 aromatic rings. The number of carbonyl (C=O) groups excluding carboxylic acids is 1. The molecule has 0 amide bonds. The van der Waals surface area contributed by atoms with Crippen molar-refractivity contribution in [2.24, 2.45) is 5.92 Å². The second-order valence-corrected chi connectivity index (χ2v) is 4.92. The van der Waals surface area contributed by atoms with Crippen molar-refractivity contribution >= 4 is 5.78 Å². The molecule has 3 nitrogen and oxygen atoms in total. The van der Waals surface area contributed by atoms with E-state index in [0.29, 0.717) is 11.7 Å². The number of fused-ring (bicyclic) bond motifs is 3. The lowest BCUT2D eigenvalue weighted by molar-refractivity contribution is -0.130. The van der Waals surface area contributed by atoms with Crippen LogP contribution in [0.1, 0.15) is 20.3 Å². The molecule has 3 rings (SSSR count). The molecule has 2 bridgehead atoms. The van der Waals surface area contributed by atoms with E-state index in [2.05, 4.69) is 23.6 Å². The van der Waals surface area contributed by atoms with Crippen LogP contribution in [0.3, 0.4) is 0 Å². The molecule has 0 aliphatic carbocycles. The Kier molecular flexibility index (Phi) is 2.88. The monoisotopic (exact) mass is 196 g/mol. The van der Waals surface area contributed by atoms with Gasteiger partial charge in [-0.05, 0) is 5.92 Å². The Morgan fingerprint density at radius 3 is 2.36 bits per heavy atom. The first kappa shape index (κ1) is 10.1. The van der Waals surface area contributed by atoms with Gasteiger partial charge in [0.15, 0.2) is 5.78 Å². The highest BCUT2D eigenvalue weighted by molar-refractivity contribution is 5.84. The third-order valence-corrected chi connectivity index (χ3v) is 3.26. The summed E-state index contributed by atoms with van der Waals surface area (Å²) >= 11 is 0. The van der Waals surface area contributed by atoms with Crippen molar-refractivity contribution in [1.29, 1.82) is 0 Å². The van der Waals surface area contributed by atoms with Crippen molar-refractivity contribution in [2.75, 3.05) is 32.7 Å². The lowest BCUT2D eigenvalue weighted by Crippen LogP contribution is -2.63. The van der Waals surface area contributed by atoms with Gasteiger partial charge in [0.25, 0.3) is 0 Å². The van der Waals surface area contributed by atoms with Gasteiger partial charge in [0.05, 0.1) is 6.04 Å². The molecule has 0 spiro atoms. The van der Waals surface area contributed by atoms with Crippen LogP contribution in [0.4, 0.5) is 0 Å². The van der Waals surface area contributed by atoms with Crippen LogP contribution in [0.2, 0.25) is 0 Å². The van der Waals surface area contributed by atoms with Gasteiger partial charge in [-0.3, -0.25) is 14.6 Å². The highest BCUT2D eigenvalue weighted by atomic mass is 16.1. The Hall–Kier alpha value is -0.410. The van der Waals surface area contributed by atoms with Crippen LogP contribution in [0.15, 0.2) is 0 Å². The fraction of sp³-hybridized carbons (Fsp3) is 0.909. The number of ketones is 1. The normalized spacial score (nSPS) is 36.4. The molecule has 0 radical (unpaired) electrons. The minimum atomic E-state index is 0.208. The predicted octanol–water partition coefficient (Wildman–Crippen LogP) is 0.601. The minimum absolute atomic E-state index is 0.208. The van der Waals surface area contributed by atoms with Crippen molar-refractivity contribution in [3.63, 3.8) is 0 Å². The molecule has 3 heteroatoms. The van der Waals surface area contributed by atoms with Crippen molar-refractivity contribution in [3.05, 3.63) is 0 Å². The van der Waals surface area contributed by atoms with E-state index in [4.69, 9.17) is 0 Å². The summed E-state index contributed by atoms with van der Waals surface area (Å²) in [5.41, 5.74) is 0. The molecule has 0 aromatic heterocycles. The van der Waals surface area contributed by atoms with E-state index in [-0.39, 0.29) is 6.04 Å². The van der Waals surface area contributed by atoms with Gasteiger partial charge in [0.1, 0.15) is 0 Å². The smallest absolute Gasteiger partial charge is 0.151 e. The zero-order valence-electron chi connectivity index (χ0n) is 9.20. The summed E-state index contributed by atoms with van der Waals surface area (Å²) in [5, 5.41) is 0. The molecule has 14 heavy (non-hydrogen) atoms. The van der Waals surface area contributed by atoms with Gasteiger partial charge >= 0.3 is 0 Å². The molecule has 0 aromatic carbocycles. The topological polar surface area (TPSA) is 23.6 Å². The van der Waals surface area contributed by atoms with Crippen molar-refractivity contribution in [1.82, 2.24) is 9.80 Å². The summed E-state index contributed by atoms with van der Waals surface area (Å²) in [4.78, 5) is 16.7. The Balaban J connectivity index is 1.94. The Labute approximate surface area is 86.1 Å². The number of hydrogen-bond donors (Lipinski definition) is 0. The molecular formula is C11H20N2O. The first-order chi connectivity index (χ1) is 6.66. The fourth-order valence-electron chi connectivity index (χ4n) is 2.46. The van der Waals surface area contributed by atoms with Gasteiger partial charge in [0, 0.05) is 39.1 Å². The third-order valence-electron chi connectivity index (χ3n) is 3.26. The van der Waals surface area contributed by atoms with E-state index >= 15 is 0 Å². The Bertz CT molecular complexity index is 219. The quantitative estimate of drug-likeness (QED) is 0.660. The third kappa shape index (κ3) is 1.98. The van der Waals surface area contributed by atoms with Crippen LogP contribution in [0.25, 0.3) is 0 Å². The lowest BCUT2D eigenvalue weighted by atomic mass is 9.97. The van der Waals surface area contributed by atoms with Crippen molar-refractivity contribution in [2.45, 2.75) is 26.3 Å². The van der Waals surface area contributed by atoms with Gasteiger partial charge in [-0.25, -0.2) is 0 Å². The first-order valence-corrected chi connectivity index (χ1v) is 5.66. The van der Waals surface area contributed by atoms with Crippen LogP contribution in [-0.4, -0.2) is 54.3 Å². The van der Waals surface area contributed by atoms with Gasteiger partial charge in [-0.1, -0.05) is 13.8 Å². The molecule has 80 valence electrons. The van der Waals surface area contributed by atoms with E-state index in [1.807, 2.05) is 0 Å². The standard InChI is InChI=1S/C11H20N2O/c1-9(2)7-11(14)10-8-12-3-5-13(10)6-4-12/h9-10H,3-8H2,1-2H3. The molecule has 1 atom stereocenters. The number of rotatable bonds is 3. The zero-order chi connectivity index (χ0) is 10.1. The number of carbonyl (C=O) groups is 1. The molecule has 0 N–H and O–H groups in total. The average Bonchev–Trinajstić information content (AvgIpc) is 2.18. The second kappa shape index (κ2) is 3.99. The molecule has 3 aliphatic rings. The maximum absolute atomic E-state index is 11.9. The first-order valence-electron chi connectivity index (χ1n) is 5.66. The summed E-state index contributed by atoms with van der Waals surface area (Å²) < 4.78 is 0. The highest BCUT2D eigenvalue weighted by Crippen LogP contribution is 2.18. The summed E-state index contributed by atoms with van der Waals surface area (Å²) in [6, 6.07) is 0.208. The summed E-state index contributed by atoms with van der Waals surface area (Å²) in [5.74, 6) is 0.948. The van der Waals surface area contributed by atoms with Crippen LogP contribution >= 0.6 is 0 Å². The molecule has 3 fully saturated rings. The average molecular weight is 196 g/mol. The Morgan fingerprint density at radius 1 is 1.29 bits per heavy atom. The van der Waals surface area contributed by atoms with Crippen LogP contribution in [0, 0.1) is 5.92 Å². The van der Waals surface area contributed by atoms with E-state index in [9.17, 15) is 4.79 Å². The molecule has 0 saturated carbocycles.